The van der Waals surface area contributed by atoms with E-state index in [9.17, 15) is 18.8 Å². The molecular formula is C30H30ClFN4O4. The molecule has 8 nitrogen and oxygen atoms in total. The fourth-order valence-corrected chi connectivity index (χ4v) is 5.47. The van der Waals surface area contributed by atoms with Crippen LogP contribution in [0.5, 0.6) is 0 Å². The van der Waals surface area contributed by atoms with Gasteiger partial charge >= 0.3 is 5.97 Å². The van der Waals surface area contributed by atoms with Crippen LogP contribution < -0.4 is 5.32 Å². The van der Waals surface area contributed by atoms with E-state index in [0.717, 1.165) is 5.56 Å². The third-order valence-electron chi connectivity index (χ3n) is 7.56. The summed E-state index contributed by atoms with van der Waals surface area (Å²) in [6.45, 7) is 2.26. The predicted octanol–water partition coefficient (Wildman–Crippen LogP) is 5.70. The lowest BCUT2D eigenvalue weighted by molar-refractivity contribution is -0.139. The second kappa shape index (κ2) is 11.6. The Kier molecular flexibility index (Phi) is 8.02. The quantitative estimate of drug-likeness (QED) is 0.396. The number of amides is 2. The standard InChI is InChI=1S/C30H30ClFN4O4/c1-17-5-3-8-25(36-12-11-19(15-26(36)37)20-6-4-7-22(31)28(20)32)29-33-16-24(34-29)21-10-9-18(14-27(38)40-2)13-23(21)35-30(17)39/h4,6-7,9-10,13,15-17,25H,3,5,8,11-12,14H2,1-2H3,(H,33,34)(H,35,39)/t17-,25+/m1/s1. The first-order valence-electron chi connectivity index (χ1n) is 13.3. The number of aromatic nitrogens is 2. The number of rotatable bonds is 4. The summed E-state index contributed by atoms with van der Waals surface area (Å²) in [5.41, 5.74) is 3.61. The Labute approximate surface area is 236 Å². The number of nitrogens with zero attached hydrogens (tertiary/aromatic N) is 2. The number of anilines is 1. The minimum absolute atomic E-state index is 0.0200. The molecule has 0 saturated carbocycles. The Hall–Kier alpha value is -3.98. The van der Waals surface area contributed by atoms with Crippen molar-refractivity contribution in [2.45, 2.75) is 45.1 Å². The minimum Gasteiger partial charge on any atom is -0.469 e. The van der Waals surface area contributed by atoms with Gasteiger partial charge in [0.05, 0.1) is 42.2 Å². The number of nitrogens with one attached hydrogen (secondary N) is 2. The maximum Gasteiger partial charge on any atom is 0.309 e. The Balaban J connectivity index is 1.48. The average Bonchev–Trinajstić information content (AvgIpc) is 3.42. The molecule has 0 spiro atoms. The Morgan fingerprint density at radius 1 is 1.20 bits per heavy atom. The molecule has 2 bridgehead atoms. The van der Waals surface area contributed by atoms with Gasteiger partial charge in [-0.05, 0) is 42.5 Å². The third-order valence-corrected chi connectivity index (χ3v) is 7.85. The van der Waals surface area contributed by atoms with Crippen LogP contribution in [0.1, 0.15) is 55.6 Å². The number of fused-ring (bicyclic) bond motifs is 4. The number of imidazole rings is 1. The number of esters is 1. The van der Waals surface area contributed by atoms with Crippen molar-refractivity contribution in [1.82, 2.24) is 14.9 Å². The number of benzene rings is 2. The molecule has 10 heteroatoms. The highest BCUT2D eigenvalue weighted by molar-refractivity contribution is 6.31. The Morgan fingerprint density at radius 2 is 2.02 bits per heavy atom. The van der Waals surface area contributed by atoms with Crippen LogP contribution in [-0.2, 0) is 25.5 Å². The van der Waals surface area contributed by atoms with Gasteiger partial charge in [-0.2, -0.15) is 0 Å². The van der Waals surface area contributed by atoms with Gasteiger partial charge in [0.25, 0.3) is 0 Å². The highest BCUT2D eigenvalue weighted by atomic mass is 35.5. The fraction of sp³-hybridized carbons (Fsp3) is 0.333. The van der Waals surface area contributed by atoms with Crippen LogP contribution in [0, 0.1) is 11.7 Å². The van der Waals surface area contributed by atoms with E-state index in [1.807, 2.05) is 19.1 Å². The normalized spacial score (nSPS) is 19.6. The maximum atomic E-state index is 14.6. The molecule has 1 aromatic heterocycles. The van der Waals surface area contributed by atoms with Crippen LogP contribution in [0.4, 0.5) is 10.1 Å². The first kappa shape index (κ1) is 27.6. The molecule has 5 rings (SSSR count). The largest absolute Gasteiger partial charge is 0.469 e. The zero-order valence-corrected chi connectivity index (χ0v) is 23.1. The third kappa shape index (κ3) is 5.65. The summed E-state index contributed by atoms with van der Waals surface area (Å²) < 4.78 is 19.4. The van der Waals surface area contributed by atoms with Crippen molar-refractivity contribution >= 4 is 40.6 Å². The van der Waals surface area contributed by atoms with Gasteiger partial charge in [0.1, 0.15) is 11.6 Å². The number of hydrogen-bond donors (Lipinski definition) is 2. The Bertz CT molecular complexity index is 1500. The van der Waals surface area contributed by atoms with Crippen molar-refractivity contribution in [3.8, 4) is 11.3 Å². The highest BCUT2D eigenvalue weighted by Crippen LogP contribution is 2.36. The number of H-pyrrole nitrogens is 1. The number of carbonyl (C=O) groups is 3. The van der Waals surface area contributed by atoms with Gasteiger partial charge in [-0.15, -0.1) is 0 Å². The SMILES string of the molecule is COC(=O)Cc1ccc2c(c1)NC(=O)[C@H](C)CCC[C@H](N1CCC(c3cccc(Cl)c3F)=CC1=O)c1ncc-2[nH]1. The number of ether oxygens (including phenoxy) is 1. The van der Waals surface area contributed by atoms with Gasteiger partial charge < -0.3 is 19.9 Å². The van der Waals surface area contributed by atoms with E-state index in [4.69, 9.17) is 16.3 Å². The molecule has 0 radical (unpaired) electrons. The number of hydrogen-bond acceptors (Lipinski definition) is 5. The number of carbonyl (C=O) groups excluding carboxylic acids is 3. The van der Waals surface area contributed by atoms with Crippen molar-refractivity contribution in [2.24, 2.45) is 5.92 Å². The van der Waals surface area contributed by atoms with E-state index in [2.05, 4.69) is 15.3 Å². The molecule has 40 heavy (non-hydrogen) atoms. The summed E-state index contributed by atoms with van der Waals surface area (Å²) in [6, 6.07) is 9.85. The van der Waals surface area contributed by atoms with Gasteiger partial charge in [-0.1, -0.05) is 49.2 Å². The second-order valence-electron chi connectivity index (χ2n) is 10.2. The zero-order valence-electron chi connectivity index (χ0n) is 22.3. The highest BCUT2D eigenvalue weighted by Gasteiger charge is 2.31. The van der Waals surface area contributed by atoms with Crippen molar-refractivity contribution in [3.63, 3.8) is 0 Å². The van der Waals surface area contributed by atoms with Crippen LogP contribution in [-0.4, -0.2) is 46.3 Å². The number of halogens is 2. The van der Waals surface area contributed by atoms with Crippen LogP contribution in [0.3, 0.4) is 0 Å². The van der Waals surface area contributed by atoms with Crippen LogP contribution >= 0.6 is 11.6 Å². The van der Waals surface area contributed by atoms with Crippen LogP contribution in [0.15, 0.2) is 48.7 Å². The maximum absolute atomic E-state index is 14.6. The molecule has 2 aliphatic rings. The fourth-order valence-electron chi connectivity index (χ4n) is 5.29. The van der Waals surface area contributed by atoms with Crippen LogP contribution in [0.25, 0.3) is 16.8 Å². The van der Waals surface area contributed by atoms with Gasteiger partial charge in [-0.25, -0.2) is 9.37 Å². The lowest BCUT2D eigenvalue weighted by Crippen LogP contribution is -2.38. The van der Waals surface area contributed by atoms with Crippen molar-refractivity contribution < 1.29 is 23.5 Å². The monoisotopic (exact) mass is 564 g/mol. The number of methoxy groups -OCH3 is 1. The van der Waals surface area contributed by atoms with Crippen molar-refractivity contribution in [2.75, 3.05) is 19.0 Å². The molecular weight excluding hydrogens is 535 g/mol. The van der Waals surface area contributed by atoms with E-state index in [-0.39, 0.29) is 41.2 Å². The summed E-state index contributed by atoms with van der Waals surface area (Å²) in [5, 5.41) is 3.04. The molecule has 3 aromatic rings. The van der Waals surface area contributed by atoms with E-state index in [1.165, 1.54) is 19.3 Å². The number of aromatic amines is 1. The van der Waals surface area contributed by atoms with Gasteiger partial charge in [0.2, 0.25) is 11.8 Å². The minimum atomic E-state index is -0.529. The van der Waals surface area contributed by atoms with Crippen LogP contribution in [0.2, 0.25) is 5.02 Å². The van der Waals surface area contributed by atoms with Gasteiger partial charge in [0, 0.05) is 29.7 Å². The summed E-state index contributed by atoms with van der Waals surface area (Å²) in [5.74, 6) is -0.890. The summed E-state index contributed by atoms with van der Waals surface area (Å²) in [7, 11) is 1.33. The second-order valence-corrected chi connectivity index (χ2v) is 10.6. The topological polar surface area (TPSA) is 104 Å². The molecule has 0 aliphatic carbocycles. The van der Waals surface area contributed by atoms with Crippen molar-refractivity contribution in [3.05, 3.63) is 76.5 Å². The Morgan fingerprint density at radius 3 is 2.80 bits per heavy atom. The van der Waals surface area contributed by atoms with E-state index < -0.39 is 5.82 Å². The van der Waals surface area contributed by atoms with Gasteiger partial charge in [0.15, 0.2) is 0 Å². The molecule has 208 valence electrons. The molecule has 2 amide bonds. The average molecular weight is 565 g/mol. The molecule has 0 fully saturated rings. The summed E-state index contributed by atoms with van der Waals surface area (Å²) in [6.07, 6.45) is 5.63. The molecule has 2 N–H and O–H groups in total. The molecule has 2 aliphatic heterocycles. The molecule has 3 heterocycles. The lowest BCUT2D eigenvalue weighted by Gasteiger charge is -2.33. The molecule has 2 aromatic carbocycles. The van der Waals surface area contributed by atoms with E-state index in [1.54, 1.807) is 29.3 Å². The van der Waals surface area contributed by atoms with Crippen molar-refractivity contribution in [1.29, 1.82) is 0 Å². The summed E-state index contributed by atoms with van der Waals surface area (Å²) in [4.78, 5) is 48.0. The predicted molar refractivity (Wildman–Crippen MR) is 150 cm³/mol. The lowest BCUT2D eigenvalue weighted by atomic mass is 9.95. The van der Waals surface area contributed by atoms with E-state index >= 15 is 0 Å². The zero-order chi connectivity index (χ0) is 28.4. The molecule has 2 atom stereocenters. The van der Waals surface area contributed by atoms with E-state index in [0.29, 0.717) is 66.1 Å². The summed E-state index contributed by atoms with van der Waals surface area (Å²) >= 11 is 5.97. The van der Waals surface area contributed by atoms with Gasteiger partial charge in [-0.3, -0.25) is 14.4 Å². The first-order chi connectivity index (χ1) is 19.2. The molecule has 0 unspecified atom stereocenters. The molecule has 0 saturated heterocycles. The smallest absolute Gasteiger partial charge is 0.309 e. The first-order valence-corrected chi connectivity index (χ1v) is 13.6.